The Labute approximate surface area is 196 Å². The molecule has 1 fully saturated rings. The van der Waals surface area contributed by atoms with Crippen LogP contribution in [0.5, 0.6) is 11.5 Å². The number of imide groups is 2. The van der Waals surface area contributed by atoms with Crippen LogP contribution in [0.3, 0.4) is 0 Å². The lowest BCUT2D eigenvalue weighted by Gasteiger charge is -2.26. The summed E-state index contributed by atoms with van der Waals surface area (Å²) in [7, 11) is 1.51. The molecule has 0 aliphatic carbocycles. The molecule has 0 saturated carbocycles. The lowest BCUT2D eigenvalue weighted by molar-refractivity contribution is -0.122. The fourth-order valence-electron chi connectivity index (χ4n) is 2.85. The van der Waals surface area contributed by atoms with Gasteiger partial charge in [0.05, 0.1) is 18.9 Å². The number of rotatable bonds is 6. The van der Waals surface area contributed by atoms with E-state index < -0.39 is 17.8 Å². The van der Waals surface area contributed by atoms with Gasteiger partial charge in [-0.1, -0.05) is 38.8 Å². The van der Waals surface area contributed by atoms with Gasteiger partial charge in [-0.2, -0.15) is 0 Å². The molecule has 0 aromatic heterocycles. The van der Waals surface area contributed by atoms with Crippen molar-refractivity contribution in [3.05, 3.63) is 56.5 Å². The quantitative estimate of drug-likeness (QED) is 0.400. The summed E-state index contributed by atoms with van der Waals surface area (Å²) >= 11 is 6.78. The van der Waals surface area contributed by atoms with Crippen LogP contribution in [0.2, 0.25) is 0 Å². The normalized spacial score (nSPS) is 16.4. The lowest BCUT2D eigenvalue weighted by Crippen LogP contribution is -2.54. The van der Waals surface area contributed by atoms with Crippen LogP contribution >= 0.6 is 31.9 Å². The largest absolute Gasteiger partial charge is 0.493 e. The van der Waals surface area contributed by atoms with Gasteiger partial charge in [0.1, 0.15) is 5.57 Å². The molecule has 9 heteroatoms. The van der Waals surface area contributed by atoms with Gasteiger partial charge in [0, 0.05) is 8.95 Å². The van der Waals surface area contributed by atoms with Crippen molar-refractivity contribution >= 4 is 61.5 Å². The van der Waals surface area contributed by atoms with Gasteiger partial charge in [-0.25, -0.2) is 9.69 Å². The van der Waals surface area contributed by atoms with E-state index in [2.05, 4.69) is 37.2 Å². The highest BCUT2D eigenvalue weighted by molar-refractivity contribution is 9.10. The maximum atomic E-state index is 13.0. The van der Waals surface area contributed by atoms with Crippen LogP contribution in [0.15, 0.2) is 50.9 Å². The highest BCUT2D eigenvalue weighted by Gasteiger charge is 2.37. The predicted octanol–water partition coefficient (Wildman–Crippen LogP) is 5.06. The summed E-state index contributed by atoms with van der Waals surface area (Å²) in [5, 5.41) is 2.21. The molecule has 0 bridgehead atoms. The fourth-order valence-corrected chi connectivity index (χ4v) is 3.55. The van der Waals surface area contributed by atoms with Crippen LogP contribution in [0, 0.1) is 0 Å². The number of nitrogens with one attached hydrogen (secondary N) is 1. The maximum absolute atomic E-state index is 13.0. The fraction of sp³-hybridized carbons (Fsp3) is 0.227. The molecule has 1 atom stereocenters. The summed E-state index contributed by atoms with van der Waals surface area (Å²) in [6.45, 7) is 3.96. The molecule has 0 unspecified atom stereocenters. The topological polar surface area (TPSA) is 84.9 Å². The standard InChI is InChI=1S/C22H20Br2N2O5/c1-4-12(2)31-19-11-17(24)13(10-18(19)30-3)9-16-20(27)25-22(29)26(21(16)28)15-7-5-14(23)6-8-15/h5-12H,4H2,1-3H3,(H,25,27,29)/b16-9+/t12-/m1/s1. The molecule has 4 amide bonds. The monoisotopic (exact) mass is 550 g/mol. The van der Waals surface area contributed by atoms with Gasteiger partial charge >= 0.3 is 6.03 Å². The second-order valence-electron chi connectivity index (χ2n) is 6.80. The van der Waals surface area contributed by atoms with E-state index in [1.807, 2.05) is 13.8 Å². The van der Waals surface area contributed by atoms with Gasteiger partial charge < -0.3 is 9.47 Å². The summed E-state index contributed by atoms with van der Waals surface area (Å²) in [4.78, 5) is 38.7. The highest BCUT2D eigenvalue weighted by Crippen LogP contribution is 2.36. The van der Waals surface area contributed by atoms with Crippen molar-refractivity contribution in [3.63, 3.8) is 0 Å². The van der Waals surface area contributed by atoms with Crippen molar-refractivity contribution in [1.82, 2.24) is 5.32 Å². The van der Waals surface area contributed by atoms with Gasteiger partial charge in [0.15, 0.2) is 11.5 Å². The Hall–Kier alpha value is -2.65. The first-order valence-corrected chi connectivity index (χ1v) is 11.0. The van der Waals surface area contributed by atoms with Crippen LogP contribution in [-0.4, -0.2) is 31.1 Å². The Morgan fingerprint density at radius 3 is 2.39 bits per heavy atom. The molecular formula is C22H20Br2N2O5. The molecule has 1 N–H and O–H groups in total. The summed E-state index contributed by atoms with van der Waals surface area (Å²) in [6, 6.07) is 9.20. The number of hydrogen-bond donors (Lipinski definition) is 1. The minimum absolute atomic E-state index is 0.0128. The second-order valence-corrected chi connectivity index (χ2v) is 8.57. The predicted molar refractivity (Wildman–Crippen MR) is 124 cm³/mol. The molecule has 31 heavy (non-hydrogen) atoms. The number of benzene rings is 2. The number of anilines is 1. The van der Waals surface area contributed by atoms with E-state index in [9.17, 15) is 14.4 Å². The Balaban J connectivity index is 2.01. The van der Waals surface area contributed by atoms with Gasteiger partial charge in [0.25, 0.3) is 11.8 Å². The number of nitrogens with zero attached hydrogens (tertiary/aromatic N) is 1. The van der Waals surface area contributed by atoms with Crippen molar-refractivity contribution in [2.24, 2.45) is 0 Å². The van der Waals surface area contributed by atoms with Crippen LogP contribution in [0.1, 0.15) is 25.8 Å². The summed E-state index contributed by atoms with van der Waals surface area (Å²) in [5.41, 5.74) is 0.691. The number of amides is 4. The molecule has 162 valence electrons. The van der Waals surface area contributed by atoms with Crippen LogP contribution in [0.4, 0.5) is 10.5 Å². The number of ether oxygens (including phenoxy) is 2. The lowest BCUT2D eigenvalue weighted by atomic mass is 10.1. The molecule has 3 rings (SSSR count). The Morgan fingerprint density at radius 1 is 1.10 bits per heavy atom. The number of barbiturate groups is 1. The molecule has 0 radical (unpaired) electrons. The van der Waals surface area contributed by atoms with E-state index in [-0.39, 0.29) is 11.7 Å². The van der Waals surface area contributed by atoms with E-state index >= 15 is 0 Å². The average molecular weight is 552 g/mol. The molecule has 2 aromatic carbocycles. The maximum Gasteiger partial charge on any atom is 0.335 e. The molecule has 0 spiro atoms. The third kappa shape index (κ3) is 4.99. The van der Waals surface area contributed by atoms with Crippen molar-refractivity contribution in [1.29, 1.82) is 0 Å². The molecule has 1 aliphatic heterocycles. The van der Waals surface area contributed by atoms with Crippen molar-refractivity contribution < 1.29 is 23.9 Å². The minimum atomic E-state index is -0.802. The number of carbonyl (C=O) groups excluding carboxylic acids is 3. The zero-order valence-corrected chi connectivity index (χ0v) is 20.2. The van der Waals surface area contributed by atoms with Crippen molar-refractivity contribution in [2.75, 3.05) is 12.0 Å². The van der Waals surface area contributed by atoms with Crippen molar-refractivity contribution in [3.8, 4) is 11.5 Å². The number of carbonyl (C=O) groups is 3. The highest BCUT2D eigenvalue weighted by atomic mass is 79.9. The molecular weight excluding hydrogens is 532 g/mol. The zero-order valence-electron chi connectivity index (χ0n) is 17.1. The Kier molecular flexibility index (Phi) is 7.17. The minimum Gasteiger partial charge on any atom is -0.493 e. The van der Waals surface area contributed by atoms with Gasteiger partial charge in [0.2, 0.25) is 0 Å². The summed E-state index contributed by atoms with van der Waals surface area (Å²) in [5.74, 6) is -0.493. The SMILES string of the molecule is CC[C@@H](C)Oc1cc(Br)c(/C=C2\C(=O)NC(=O)N(c3ccc(Br)cc3)C2=O)cc1OC. The third-order valence-corrected chi connectivity index (χ3v) is 5.89. The Morgan fingerprint density at radius 2 is 1.77 bits per heavy atom. The molecule has 2 aromatic rings. The van der Waals surface area contributed by atoms with Crippen LogP contribution in [-0.2, 0) is 9.59 Å². The first kappa shape index (κ1) is 23.0. The molecule has 1 aliphatic rings. The van der Waals surface area contributed by atoms with E-state index in [1.54, 1.807) is 36.4 Å². The van der Waals surface area contributed by atoms with Gasteiger partial charge in [-0.15, -0.1) is 0 Å². The molecule has 1 heterocycles. The Bertz CT molecular complexity index is 1070. The first-order valence-electron chi connectivity index (χ1n) is 9.46. The third-order valence-electron chi connectivity index (χ3n) is 4.67. The molecule has 7 nitrogen and oxygen atoms in total. The van der Waals surface area contributed by atoms with E-state index in [1.165, 1.54) is 13.2 Å². The van der Waals surface area contributed by atoms with Crippen LogP contribution < -0.4 is 19.7 Å². The van der Waals surface area contributed by atoms with E-state index in [4.69, 9.17) is 9.47 Å². The number of methoxy groups -OCH3 is 1. The average Bonchev–Trinajstić information content (AvgIpc) is 2.73. The van der Waals surface area contributed by atoms with Gasteiger partial charge in [-0.05, 0) is 61.4 Å². The number of urea groups is 1. The zero-order chi connectivity index (χ0) is 22.7. The number of halogens is 2. The van der Waals surface area contributed by atoms with E-state index in [0.717, 1.165) is 15.8 Å². The smallest absolute Gasteiger partial charge is 0.335 e. The van der Waals surface area contributed by atoms with Crippen LogP contribution in [0.25, 0.3) is 6.08 Å². The van der Waals surface area contributed by atoms with E-state index in [0.29, 0.717) is 27.2 Å². The van der Waals surface area contributed by atoms with Gasteiger partial charge in [-0.3, -0.25) is 14.9 Å². The summed E-state index contributed by atoms with van der Waals surface area (Å²) < 4.78 is 12.7. The molecule has 1 saturated heterocycles. The van der Waals surface area contributed by atoms with Crippen molar-refractivity contribution in [2.45, 2.75) is 26.4 Å². The number of hydrogen-bond acceptors (Lipinski definition) is 5. The first-order chi connectivity index (χ1) is 14.7. The second kappa shape index (κ2) is 9.65. The summed E-state index contributed by atoms with van der Waals surface area (Å²) in [6.07, 6.45) is 2.22.